The second-order valence-electron chi connectivity index (χ2n) is 7.64. The maximum Gasteiger partial charge on any atom is 0.243 e. The fourth-order valence-electron chi connectivity index (χ4n) is 4.06. The second kappa shape index (κ2) is 9.36. The summed E-state index contributed by atoms with van der Waals surface area (Å²) in [6.07, 6.45) is 13.2. The van der Waals surface area contributed by atoms with E-state index in [-0.39, 0.29) is 11.3 Å². The van der Waals surface area contributed by atoms with Crippen LogP contribution in [0.15, 0.2) is 103 Å². The summed E-state index contributed by atoms with van der Waals surface area (Å²) in [6, 6.07) is 25.1. The first kappa shape index (κ1) is 19.8. The zero-order valence-corrected chi connectivity index (χ0v) is 16.9. The number of nitrogens with zero attached hydrogens (tertiary/aromatic N) is 1. The average Bonchev–Trinajstić information content (AvgIpc) is 3.55. The van der Waals surface area contributed by atoms with Gasteiger partial charge in [-0.15, -0.1) is 0 Å². The highest BCUT2D eigenvalue weighted by molar-refractivity contribution is 5.87. The van der Waals surface area contributed by atoms with Gasteiger partial charge in [0.05, 0.1) is 0 Å². The minimum atomic E-state index is -0.0355. The number of benzene rings is 2. The Morgan fingerprint density at radius 2 is 1.70 bits per heavy atom. The molecule has 1 aliphatic rings. The van der Waals surface area contributed by atoms with Crippen molar-refractivity contribution in [3.8, 4) is 0 Å². The molecule has 0 unspecified atom stereocenters. The summed E-state index contributed by atoms with van der Waals surface area (Å²) in [4.78, 5) is 16.3. The number of carbonyl (C=O) groups excluding carboxylic acids is 1. The van der Waals surface area contributed by atoms with E-state index in [1.54, 1.807) is 12.3 Å². The topological polar surface area (TPSA) is 42.0 Å². The van der Waals surface area contributed by atoms with Gasteiger partial charge >= 0.3 is 0 Å². The number of pyridine rings is 1. The third kappa shape index (κ3) is 4.57. The molecule has 0 spiro atoms. The molecule has 1 N–H and O–H groups in total. The van der Waals surface area contributed by atoms with Gasteiger partial charge in [-0.05, 0) is 47.6 Å². The standard InChI is InChI=1S/C27H26N2O/c30-26(29-19-8-7-10-22-11-9-18-28-21-22)17-16-25-20-27(25,23-12-3-1-4-13-23)24-14-5-2-6-15-24/h1-7,9-18,21,25H,8,19-20H2,(H,29,30)/t25-/m1/s1. The van der Waals surface area contributed by atoms with Crippen molar-refractivity contribution in [1.82, 2.24) is 10.3 Å². The lowest BCUT2D eigenvalue weighted by molar-refractivity contribution is -0.116. The normalized spacial score (nSPS) is 17.3. The van der Waals surface area contributed by atoms with E-state index < -0.39 is 0 Å². The van der Waals surface area contributed by atoms with Gasteiger partial charge in [0.25, 0.3) is 0 Å². The van der Waals surface area contributed by atoms with Crippen LogP contribution in [0.3, 0.4) is 0 Å². The molecule has 1 aliphatic carbocycles. The summed E-state index contributed by atoms with van der Waals surface area (Å²) >= 11 is 0. The van der Waals surface area contributed by atoms with Crippen molar-refractivity contribution in [2.75, 3.05) is 6.54 Å². The van der Waals surface area contributed by atoms with Gasteiger partial charge in [-0.3, -0.25) is 9.78 Å². The zero-order chi connectivity index (χ0) is 20.7. The van der Waals surface area contributed by atoms with Crippen LogP contribution in [-0.4, -0.2) is 17.4 Å². The first-order valence-corrected chi connectivity index (χ1v) is 10.4. The van der Waals surface area contributed by atoms with E-state index in [0.29, 0.717) is 12.5 Å². The number of nitrogens with one attached hydrogen (secondary N) is 1. The molecule has 0 aliphatic heterocycles. The third-order valence-electron chi connectivity index (χ3n) is 5.68. The van der Waals surface area contributed by atoms with E-state index in [1.165, 1.54) is 11.1 Å². The van der Waals surface area contributed by atoms with E-state index in [9.17, 15) is 4.79 Å². The third-order valence-corrected chi connectivity index (χ3v) is 5.68. The number of hydrogen-bond acceptors (Lipinski definition) is 2. The Morgan fingerprint density at radius 1 is 1.00 bits per heavy atom. The van der Waals surface area contributed by atoms with Crippen LogP contribution in [0.5, 0.6) is 0 Å². The fraction of sp³-hybridized carbons (Fsp3) is 0.185. The van der Waals surface area contributed by atoms with Crippen LogP contribution in [0, 0.1) is 5.92 Å². The van der Waals surface area contributed by atoms with E-state index >= 15 is 0 Å². The van der Waals surface area contributed by atoms with Gasteiger partial charge in [0.1, 0.15) is 0 Å². The number of aromatic nitrogens is 1. The van der Waals surface area contributed by atoms with Crippen molar-refractivity contribution in [2.45, 2.75) is 18.3 Å². The Labute approximate surface area is 178 Å². The predicted octanol–water partition coefficient (Wildman–Crippen LogP) is 5.16. The van der Waals surface area contributed by atoms with Crippen molar-refractivity contribution in [3.05, 3.63) is 120 Å². The van der Waals surface area contributed by atoms with Crippen LogP contribution in [0.4, 0.5) is 0 Å². The molecule has 150 valence electrons. The lowest BCUT2D eigenvalue weighted by atomic mass is 9.85. The first-order valence-electron chi connectivity index (χ1n) is 10.4. The first-order chi connectivity index (χ1) is 14.8. The van der Waals surface area contributed by atoms with Crippen LogP contribution in [0.25, 0.3) is 6.08 Å². The van der Waals surface area contributed by atoms with Crippen molar-refractivity contribution in [1.29, 1.82) is 0 Å². The highest BCUT2D eigenvalue weighted by Gasteiger charge is 2.54. The summed E-state index contributed by atoms with van der Waals surface area (Å²) in [5.41, 5.74) is 3.67. The molecule has 0 bridgehead atoms. The summed E-state index contributed by atoms with van der Waals surface area (Å²) in [6.45, 7) is 0.618. The summed E-state index contributed by atoms with van der Waals surface area (Å²) in [7, 11) is 0. The van der Waals surface area contributed by atoms with Crippen LogP contribution in [-0.2, 0) is 10.2 Å². The Bertz CT molecular complexity index is 971. The minimum Gasteiger partial charge on any atom is -0.352 e. The zero-order valence-electron chi connectivity index (χ0n) is 16.9. The van der Waals surface area contributed by atoms with E-state index in [4.69, 9.17) is 0 Å². The van der Waals surface area contributed by atoms with Gasteiger partial charge < -0.3 is 5.32 Å². The molecule has 1 aromatic heterocycles. The molecule has 1 amide bonds. The number of carbonyl (C=O) groups is 1. The lowest BCUT2D eigenvalue weighted by Gasteiger charge is -2.18. The Balaban J connectivity index is 1.33. The van der Waals surface area contributed by atoms with Gasteiger partial charge in [0, 0.05) is 24.4 Å². The molecule has 2 aromatic carbocycles. The van der Waals surface area contributed by atoms with Crippen LogP contribution >= 0.6 is 0 Å². The maximum atomic E-state index is 12.3. The van der Waals surface area contributed by atoms with Gasteiger partial charge in [-0.2, -0.15) is 0 Å². The molecule has 1 heterocycles. The van der Waals surface area contributed by atoms with Gasteiger partial charge in [-0.1, -0.05) is 85.0 Å². The van der Waals surface area contributed by atoms with E-state index in [0.717, 1.165) is 18.4 Å². The molecule has 3 heteroatoms. The summed E-state index contributed by atoms with van der Waals surface area (Å²) < 4.78 is 0. The molecule has 1 saturated carbocycles. The summed E-state index contributed by atoms with van der Waals surface area (Å²) in [5, 5.41) is 2.97. The molecule has 3 aromatic rings. The van der Waals surface area contributed by atoms with Crippen molar-refractivity contribution >= 4 is 12.0 Å². The monoisotopic (exact) mass is 394 g/mol. The Kier molecular flexibility index (Phi) is 6.19. The number of hydrogen-bond donors (Lipinski definition) is 1. The molecule has 0 saturated heterocycles. The quantitative estimate of drug-likeness (QED) is 0.423. The molecule has 0 radical (unpaired) electrons. The largest absolute Gasteiger partial charge is 0.352 e. The molecular weight excluding hydrogens is 368 g/mol. The molecule has 1 fully saturated rings. The highest BCUT2D eigenvalue weighted by Crippen LogP contribution is 2.59. The number of amides is 1. The van der Waals surface area contributed by atoms with Crippen LogP contribution in [0.1, 0.15) is 29.5 Å². The van der Waals surface area contributed by atoms with Gasteiger partial charge in [0.15, 0.2) is 0 Å². The van der Waals surface area contributed by atoms with Crippen LogP contribution in [0.2, 0.25) is 0 Å². The summed E-state index contributed by atoms with van der Waals surface area (Å²) in [5.74, 6) is 0.297. The molecular formula is C27H26N2O. The second-order valence-corrected chi connectivity index (χ2v) is 7.64. The average molecular weight is 395 g/mol. The molecule has 30 heavy (non-hydrogen) atoms. The van der Waals surface area contributed by atoms with Crippen molar-refractivity contribution in [2.24, 2.45) is 5.92 Å². The predicted molar refractivity (Wildman–Crippen MR) is 122 cm³/mol. The Hall–Kier alpha value is -3.46. The molecule has 1 atom stereocenters. The van der Waals surface area contributed by atoms with Crippen molar-refractivity contribution in [3.63, 3.8) is 0 Å². The van der Waals surface area contributed by atoms with Gasteiger partial charge in [-0.25, -0.2) is 0 Å². The van der Waals surface area contributed by atoms with Crippen LogP contribution < -0.4 is 5.32 Å². The number of allylic oxidation sites excluding steroid dienone is 1. The lowest BCUT2D eigenvalue weighted by Crippen LogP contribution is -2.21. The molecule has 3 nitrogen and oxygen atoms in total. The van der Waals surface area contributed by atoms with E-state index in [2.05, 4.69) is 71.0 Å². The van der Waals surface area contributed by atoms with Gasteiger partial charge in [0.2, 0.25) is 5.91 Å². The number of rotatable bonds is 8. The molecule has 4 rings (SSSR count). The highest BCUT2D eigenvalue weighted by atomic mass is 16.1. The Morgan fingerprint density at radius 3 is 2.33 bits per heavy atom. The fourth-order valence-corrected chi connectivity index (χ4v) is 4.06. The van der Waals surface area contributed by atoms with Crippen molar-refractivity contribution < 1.29 is 4.79 Å². The minimum absolute atomic E-state index is 0.0221. The van der Waals surface area contributed by atoms with E-state index in [1.807, 2.05) is 36.5 Å². The smallest absolute Gasteiger partial charge is 0.243 e. The maximum absolute atomic E-state index is 12.3. The SMILES string of the molecule is O=C(C=C[C@@H]1CC1(c1ccccc1)c1ccccc1)NCCC=Cc1cccnc1.